The summed E-state index contributed by atoms with van der Waals surface area (Å²) >= 11 is 2.92. The molecule has 0 saturated carbocycles. The lowest BCUT2D eigenvalue weighted by Crippen LogP contribution is -2.19. The number of anilines is 1. The predicted octanol–water partition coefficient (Wildman–Crippen LogP) is 4.53. The molecular weight excluding hydrogens is 382 g/mol. The van der Waals surface area contributed by atoms with Gasteiger partial charge < -0.3 is 14.6 Å². The molecule has 0 aliphatic carbocycles. The molecule has 0 fully saturated rings. The Bertz CT molecular complexity index is 865. The molecule has 0 radical (unpaired) electrons. The molecule has 6 nitrogen and oxygen atoms in total. The van der Waals surface area contributed by atoms with Gasteiger partial charge in [0.2, 0.25) is 5.91 Å². The van der Waals surface area contributed by atoms with Crippen molar-refractivity contribution in [1.82, 2.24) is 9.55 Å². The first kappa shape index (κ1) is 19.3. The number of methoxy groups -OCH3 is 1. The maximum Gasteiger partial charge on any atom is 0.357 e. The summed E-state index contributed by atoms with van der Waals surface area (Å²) in [5, 5.41) is 7.31. The molecule has 0 aliphatic rings. The van der Waals surface area contributed by atoms with E-state index in [0.29, 0.717) is 5.13 Å². The first-order chi connectivity index (χ1) is 13.0. The average molecular weight is 404 g/mol. The smallest absolute Gasteiger partial charge is 0.357 e. The van der Waals surface area contributed by atoms with Crippen LogP contribution in [0.1, 0.15) is 53.2 Å². The molecule has 0 bridgehead atoms. The molecule has 1 amide bonds. The summed E-state index contributed by atoms with van der Waals surface area (Å²) in [7, 11) is 1.33. The molecule has 1 N–H and O–H groups in total. The fraction of sp³-hybridized carbons (Fsp3) is 0.316. The third-order valence-corrected chi connectivity index (χ3v) is 6.07. The number of ether oxygens (including phenoxy) is 1. The summed E-state index contributed by atoms with van der Waals surface area (Å²) in [5.41, 5.74) is 1.36. The van der Waals surface area contributed by atoms with E-state index in [4.69, 9.17) is 4.74 Å². The molecule has 3 aromatic rings. The van der Waals surface area contributed by atoms with E-state index in [0.717, 1.165) is 10.4 Å². The Morgan fingerprint density at radius 1 is 1.30 bits per heavy atom. The van der Waals surface area contributed by atoms with Gasteiger partial charge in [-0.2, -0.15) is 11.3 Å². The highest BCUT2D eigenvalue weighted by molar-refractivity contribution is 7.16. The fourth-order valence-corrected chi connectivity index (χ4v) is 4.46. The van der Waals surface area contributed by atoms with Crippen LogP contribution < -0.4 is 5.32 Å². The molecular formula is C19H21N3O3S2. The Morgan fingerprint density at radius 2 is 2.04 bits per heavy atom. The zero-order valence-electron chi connectivity index (χ0n) is 15.3. The van der Waals surface area contributed by atoms with Crippen LogP contribution in [0, 0.1) is 0 Å². The summed E-state index contributed by atoms with van der Waals surface area (Å²) in [6.07, 6.45) is 4.17. The number of hydrogen-bond donors (Lipinski definition) is 1. The highest BCUT2D eigenvalue weighted by Crippen LogP contribution is 2.31. The topological polar surface area (TPSA) is 73.2 Å². The van der Waals surface area contributed by atoms with Gasteiger partial charge in [-0.25, -0.2) is 9.78 Å². The second-order valence-electron chi connectivity index (χ2n) is 6.33. The van der Waals surface area contributed by atoms with Gasteiger partial charge in [0.05, 0.1) is 19.6 Å². The Kier molecular flexibility index (Phi) is 6.08. The molecule has 0 saturated heterocycles. The number of nitrogens with one attached hydrogen (secondary N) is 1. The fourth-order valence-electron chi connectivity index (χ4n) is 2.78. The van der Waals surface area contributed by atoms with Crippen molar-refractivity contribution in [2.45, 2.75) is 32.2 Å². The van der Waals surface area contributed by atoms with Gasteiger partial charge in [0.15, 0.2) is 10.8 Å². The Balaban J connectivity index is 1.78. The Hall–Kier alpha value is -2.45. The van der Waals surface area contributed by atoms with E-state index in [1.54, 1.807) is 11.3 Å². The van der Waals surface area contributed by atoms with Gasteiger partial charge in [-0.15, -0.1) is 11.3 Å². The van der Waals surface area contributed by atoms with Crippen LogP contribution >= 0.6 is 22.7 Å². The number of carbonyl (C=O) groups is 2. The monoisotopic (exact) mass is 403 g/mol. The summed E-state index contributed by atoms with van der Waals surface area (Å²) < 4.78 is 6.82. The number of rotatable bonds is 7. The number of hydrogen-bond acceptors (Lipinski definition) is 6. The minimum Gasteiger partial charge on any atom is -0.464 e. The van der Waals surface area contributed by atoms with Crippen LogP contribution in [0.4, 0.5) is 5.13 Å². The highest BCUT2D eigenvalue weighted by Gasteiger charge is 2.23. The Labute approximate surface area is 165 Å². The van der Waals surface area contributed by atoms with Crippen LogP contribution in [0.15, 0.2) is 41.4 Å². The quantitative estimate of drug-likeness (QED) is 0.588. The van der Waals surface area contributed by atoms with Gasteiger partial charge in [-0.1, -0.05) is 13.8 Å². The molecule has 0 spiro atoms. The molecule has 3 rings (SSSR count). The molecule has 0 aliphatic heterocycles. The van der Waals surface area contributed by atoms with Crippen molar-refractivity contribution in [1.29, 1.82) is 0 Å². The van der Waals surface area contributed by atoms with Crippen LogP contribution in [0.25, 0.3) is 0 Å². The minimum absolute atomic E-state index is 0.0872. The molecule has 0 aromatic carbocycles. The highest BCUT2D eigenvalue weighted by atomic mass is 32.1. The van der Waals surface area contributed by atoms with Gasteiger partial charge in [0.25, 0.3) is 0 Å². The van der Waals surface area contributed by atoms with Gasteiger partial charge >= 0.3 is 5.97 Å². The standard InChI is InChI=1S/C19H21N3O3S2/c1-12(2)17-16(18(24)25-3)21-19(27-17)20-15(23)10-14(13-6-9-26-11-13)22-7-4-5-8-22/h4-9,11-12,14H,10H2,1-3H3,(H,20,21,23). The van der Waals surface area contributed by atoms with Crippen LogP contribution in [-0.2, 0) is 9.53 Å². The number of amides is 1. The zero-order chi connectivity index (χ0) is 19.4. The second kappa shape index (κ2) is 8.49. The lowest BCUT2D eigenvalue weighted by atomic mass is 10.1. The minimum atomic E-state index is -0.487. The number of aromatic nitrogens is 2. The number of carbonyl (C=O) groups excluding carboxylic acids is 2. The lowest BCUT2D eigenvalue weighted by molar-refractivity contribution is -0.116. The van der Waals surface area contributed by atoms with Crippen LogP contribution in [0.3, 0.4) is 0 Å². The van der Waals surface area contributed by atoms with Crippen molar-refractivity contribution in [2.24, 2.45) is 0 Å². The second-order valence-corrected chi connectivity index (χ2v) is 8.14. The van der Waals surface area contributed by atoms with Crippen LogP contribution in [0.2, 0.25) is 0 Å². The van der Waals surface area contributed by atoms with E-state index >= 15 is 0 Å². The maximum atomic E-state index is 12.7. The lowest BCUT2D eigenvalue weighted by Gasteiger charge is -2.17. The molecule has 1 unspecified atom stereocenters. The Morgan fingerprint density at radius 3 is 2.63 bits per heavy atom. The summed E-state index contributed by atoms with van der Waals surface area (Å²) in [6.45, 7) is 3.95. The SMILES string of the molecule is COC(=O)c1nc(NC(=O)CC(c2ccsc2)n2cccc2)sc1C(C)C. The van der Waals surface area contributed by atoms with Gasteiger partial charge in [0.1, 0.15) is 0 Å². The zero-order valence-corrected chi connectivity index (χ0v) is 17.0. The molecule has 8 heteroatoms. The van der Waals surface area contributed by atoms with E-state index in [9.17, 15) is 9.59 Å². The van der Waals surface area contributed by atoms with E-state index in [2.05, 4.69) is 10.3 Å². The third-order valence-electron chi connectivity index (χ3n) is 4.10. The van der Waals surface area contributed by atoms with Crippen molar-refractivity contribution in [3.05, 3.63) is 57.5 Å². The maximum absolute atomic E-state index is 12.7. The average Bonchev–Trinajstić information content (AvgIpc) is 3.39. The largest absolute Gasteiger partial charge is 0.464 e. The van der Waals surface area contributed by atoms with Crippen molar-refractivity contribution in [3.63, 3.8) is 0 Å². The normalized spacial score (nSPS) is 12.1. The molecule has 3 heterocycles. The van der Waals surface area contributed by atoms with E-state index < -0.39 is 5.97 Å². The van der Waals surface area contributed by atoms with Crippen molar-refractivity contribution in [3.8, 4) is 0 Å². The molecule has 1 atom stereocenters. The summed E-state index contributed by atoms with van der Waals surface area (Å²) in [6, 6.07) is 5.82. The first-order valence-corrected chi connectivity index (χ1v) is 10.3. The summed E-state index contributed by atoms with van der Waals surface area (Å²) in [5.74, 6) is -0.528. The van der Waals surface area contributed by atoms with Crippen LogP contribution in [0.5, 0.6) is 0 Å². The first-order valence-electron chi connectivity index (χ1n) is 8.53. The van der Waals surface area contributed by atoms with Crippen molar-refractivity contribution >= 4 is 39.7 Å². The number of thiophene rings is 1. The van der Waals surface area contributed by atoms with E-state index in [1.807, 2.05) is 59.8 Å². The molecule has 142 valence electrons. The predicted molar refractivity (Wildman–Crippen MR) is 108 cm³/mol. The van der Waals surface area contributed by atoms with E-state index in [-0.39, 0.29) is 30.0 Å². The van der Waals surface area contributed by atoms with Crippen LogP contribution in [-0.4, -0.2) is 28.5 Å². The third kappa shape index (κ3) is 4.45. The number of esters is 1. The van der Waals surface area contributed by atoms with Gasteiger partial charge in [0, 0.05) is 17.3 Å². The van der Waals surface area contributed by atoms with Gasteiger partial charge in [-0.05, 0) is 40.4 Å². The van der Waals surface area contributed by atoms with E-state index in [1.165, 1.54) is 18.4 Å². The molecule has 3 aromatic heterocycles. The number of nitrogens with zero attached hydrogens (tertiary/aromatic N) is 2. The van der Waals surface area contributed by atoms with Crippen molar-refractivity contribution < 1.29 is 14.3 Å². The van der Waals surface area contributed by atoms with Gasteiger partial charge in [-0.3, -0.25) is 4.79 Å². The molecule has 27 heavy (non-hydrogen) atoms. The van der Waals surface area contributed by atoms with Crippen molar-refractivity contribution in [2.75, 3.05) is 12.4 Å². The number of thiazole rings is 1. The summed E-state index contributed by atoms with van der Waals surface area (Å²) in [4.78, 5) is 29.7.